The molecule has 0 radical (unpaired) electrons. The fourth-order valence-electron chi connectivity index (χ4n) is 2.27. The summed E-state index contributed by atoms with van der Waals surface area (Å²) in [7, 11) is 2.20. The zero-order valence-electron chi connectivity index (χ0n) is 10.6. The van der Waals surface area contributed by atoms with Crippen molar-refractivity contribution in [1.82, 2.24) is 9.80 Å². The SMILES string of the molecule is CCCCN1CC(CN)N(C)CCC1C. The van der Waals surface area contributed by atoms with Crippen LogP contribution in [0.2, 0.25) is 0 Å². The standard InChI is InChI=1S/C12H27N3/c1-4-5-7-15-10-12(9-13)14(3)8-6-11(15)2/h11-12H,4-10,13H2,1-3H3. The highest BCUT2D eigenvalue weighted by atomic mass is 15.2. The highest BCUT2D eigenvalue weighted by Crippen LogP contribution is 2.14. The first-order valence-electron chi connectivity index (χ1n) is 6.33. The smallest absolute Gasteiger partial charge is 0.0342 e. The summed E-state index contributed by atoms with van der Waals surface area (Å²) in [6.45, 7) is 8.96. The summed E-state index contributed by atoms with van der Waals surface area (Å²) in [4.78, 5) is 5.03. The van der Waals surface area contributed by atoms with E-state index in [9.17, 15) is 0 Å². The maximum atomic E-state index is 5.83. The molecule has 0 bridgehead atoms. The van der Waals surface area contributed by atoms with Gasteiger partial charge in [-0.2, -0.15) is 0 Å². The number of likely N-dealkylation sites (N-methyl/N-ethyl adjacent to an activating group) is 1. The van der Waals surface area contributed by atoms with Crippen molar-refractivity contribution in [2.75, 3.05) is 33.2 Å². The summed E-state index contributed by atoms with van der Waals surface area (Å²) in [5.74, 6) is 0. The Morgan fingerprint density at radius 3 is 2.73 bits per heavy atom. The van der Waals surface area contributed by atoms with Gasteiger partial charge in [0.25, 0.3) is 0 Å². The van der Waals surface area contributed by atoms with Crippen molar-refractivity contribution in [3.05, 3.63) is 0 Å². The van der Waals surface area contributed by atoms with E-state index in [1.807, 2.05) is 0 Å². The van der Waals surface area contributed by atoms with E-state index in [2.05, 4.69) is 30.7 Å². The van der Waals surface area contributed by atoms with Gasteiger partial charge in [0.15, 0.2) is 0 Å². The van der Waals surface area contributed by atoms with E-state index in [0.717, 1.165) is 19.1 Å². The molecule has 1 aliphatic heterocycles. The normalized spacial score (nSPS) is 30.4. The number of hydrogen-bond donors (Lipinski definition) is 1. The van der Waals surface area contributed by atoms with Crippen LogP contribution < -0.4 is 5.73 Å². The van der Waals surface area contributed by atoms with Crippen molar-refractivity contribution in [1.29, 1.82) is 0 Å². The Balaban J connectivity index is 2.52. The van der Waals surface area contributed by atoms with Crippen LogP contribution in [0.5, 0.6) is 0 Å². The summed E-state index contributed by atoms with van der Waals surface area (Å²) in [6.07, 6.45) is 3.87. The Bertz CT molecular complexity index is 172. The van der Waals surface area contributed by atoms with Crippen LogP contribution in [0.4, 0.5) is 0 Å². The molecule has 90 valence electrons. The molecule has 0 amide bonds. The Kier molecular flexibility index (Phi) is 5.58. The summed E-state index contributed by atoms with van der Waals surface area (Å²) in [5.41, 5.74) is 5.83. The van der Waals surface area contributed by atoms with E-state index in [1.165, 1.54) is 32.4 Å². The molecule has 1 heterocycles. The van der Waals surface area contributed by atoms with Gasteiger partial charge in [0, 0.05) is 25.2 Å². The van der Waals surface area contributed by atoms with Crippen LogP contribution in [0.25, 0.3) is 0 Å². The molecule has 2 atom stereocenters. The van der Waals surface area contributed by atoms with Crippen molar-refractivity contribution in [2.45, 2.75) is 45.2 Å². The van der Waals surface area contributed by atoms with E-state index in [0.29, 0.717) is 6.04 Å². The summed E-state index contributed by atoms with van der Waals surface area (Å²) in [5, 5.41) is 0. The topological polar surface area (TPSA) is 32.5 Å². The molecule has 1 saturated heterocycles. The predicted molar refractivity (Wildman–Crippen MR) is 66.0 cm³/mol. The van der Waals surface area contributed by atoms with Gasteiger partial charge < -0.3 is 10.6 Å². The van der Waals surface area contributed by atoms with Crippen LogP contribution in [0, 0.1) is 0 Å². The van der Waals surface area contributed by atoms with Crippen molar-refractivity contribution < 1.29 is 0 Å². The van der Waals surface area contributed by atoms with Gasteiger partial charge >= 0.3 is 0 Å². The largest absolute Gasteiger partial charge is 0.329 e. The number of unbranched alkanes of at least 4 members (excludes halogenated alkanes) is 1. The van der Waals surface area contributed by atoms with Crippen LogP contribution in [0.1, 0.15) is 33.1 Å². The zero-order chi connectivity index (χ0) is 11.3. The molecule has 15 heavy (non-hydrogen) atoms. The Morgan fingerprint density at radius 1 is 1.40 bits per heavy atom. The summed E-state index contributed by atoms with van der Waals surface area (Å²) < 4.78 is 0. The highest BCUT2D eigenvalue weighted by Gasteiger charge is 2.24. The number of nitrogens with zero attached hydrogens (tertiary/aromatic N) is 2. The number of hydrogen-bond acceptors (Lipinski definition) is 3. The lowest BCUT2D eigenvalue weighted by Crippen LogP contribution is -2.45. The van der Waals surface area contributed by atoms with Crippen LogP contribution in [0.15, 0.2) is 0 Å². The molecular weight excluding hydrogens is 186 g/mol. The summed E-state index contributed by atoms with van der Waals surface area (Å²) in [6, 6.07) is 1.27. The molecule has 0 aliphatic carbocycles. The van der Waals surface area contributed by atoms with Gasteiger partial charge in [-0.15, -0.1) is 0 Å². The molecule has 1 rings (SSSR count). The molecule has 2 unspecified atom stereocenters. The Hall–Kier alpha value is -0.120. The minimum Gasteiger partial charge on any atom is -0.329 e. The molecule has 0 aromatic rings. The third-order valence-electron chi connectivity index (χ3n) is 3.66. The maximum absolute atomic E-state index is 5.83. The zero-order valence-corrected chi connectivity index (χ0v) is 10.6. The van der Waals surface area contributed by atoms with E-state index in [1.54, 1.807) is 0 Å². The molecule has 0 aromatic heterocycles. The highest BCUT2D eigenvalue weighted by molar-refractivity contribution is 4.82. The number of nitrogens with two attached hydrogens (primary N) is 1. The second-order valence-corrected chi connectivity index (χ2v) is 4.86. The third-order valence-corrected chi connectivity index (χ3v) is 3.66. The average molecular weight is 213 g/mol. The average Bonchev–Trinajstić information content (AvgIpc) is 2.37. The van der Waals surface area contributed by atoms with Gasteiger partial charge in [-0.25, -0.2) is 0 Å². The maximum Gasteiger partial charge on any atom is 0.0342 e. The van der Waals surface area contributed by atoms with Crippen LogP contribution in [-0.2, 0) is 0 Å². The minimum absolute atomic E-state index is 0.548. The number of rotatable bonds is 4. The van der Waals surface area contributed by atoms with Gasteiger partial charge in [-0.1, -0.05) is 13.3 Å². The second kappa shape index (κ2) is 6.46. The molecule has 1 fully saturated rings. The lowest BCUT2D eigenvalue weighted by molar-refractivity contribution is 0.181. The van der Waals surface area contributed by atoms with Crippen LogP contribution >= 0.6 is 0 Å². The van der Waals surface area contributed by atoms with Gasteiger partial charge in [0.05, 0.1) is 0 Å². The van der Waals surface area contributed by atoms with Crippen molar-refractivity contribution in [3.8, 4) is 0 Å². The van der Waals surface area contributed by atoms with Gasteiger partial charge in [-0.05, 0) is 39.9 Å². The van der Waals surface area contributed by atoms with Crippen molar-refractivity contribution >= 4 is 0 Å². The predicted octanol–water partition coefficient (Wildman–Crippen LogP) is 1.14. The minimum atomic E-state index is 0.548. The first-order valence-corrected chi connectivity index (χ1v) is 6.33. The van der Waals surface area contributed by atoms with Gasteiger partial charge in [0.2, 0.25) is 0 Å². The monoisotopic (exact) mass is 213 g/mol. The quantitative estimate of drug-likeness (QED) is 0.760. The summed E-state index contributed by atoms with van der Waals surface area (Å²) >= 11 is 0. The first-order chi connectivity index (χ1) is 7.19. The molecular formula is C12H27N3. The van der Waals surface area contributed by atoms with Crippen LogP contribution in [0.3, 0.4) is 0 Å². The van der Waals surface area contributed by atoms with E-state index < -0.39 is 0 Å². The molecule has 3 heteroatoms. The van der Waals surface area contributed by atoms with Gasteiger partial charge in [0.1, 0.15) is 0 Å². The molecule has 3 nitrogen and oxygen atoms in total. The lowest BCUT2D eigenvalue weighted by atomic mass is 10.2. The molecule has 2 N–H and O–H groups in total. The Labute approximate surface area is 94.6 Å². The third kappa shape index (κ3) is 3.74. The van der Waals surface area contributed by atoms with Crippen molar-refractivity contribution in [3.63, 3.8) is 0 Å². The van der Waals surface area contributed by atoms with Crippen LogP contribution in [-0.4, -0.2) is 55.1 Å². The van der Waals surface area contributed by atoms with E-state index >= 15 is 0 Å². The molecule has 0 saturated carbocycles. The fourth-order valence-corrected chi connectivity index (χ4v) is 2.27. The van der Waals surface area contributed by atoms with E-state index in [-0.39, 0.29) is 0 Å². The fraction of sp³-hybridized carbons (Fsp3) is 1.00. The van der Waals surface area contributed by atoms with Gasteiger partial charge in [-0.3, -0.25) is 4.90 Å². The molecule has 0 aromatic carbocycles. The molecule has 0 spiro atoms. The molecule has 1 aliphatic rings. The van der Waals surface area contributed by atoms with E-state index in [4.69, 9.17) is 5.73 Å². The Morgan fingerprint density at radius 2 is 2.13 bits per heavy atom. The first kappa shape index (κ1) is 12.9. The second-order valence-electron chi connectivity index (χ2n) is 4.86. The van der Waals surface area contributed by atoms with Crippen molar-refractivity contribution in [2.24, 2.45) is 5.73 Å². The lowest BCUT2D eigenvalue weighted by Gasteiger charge is -2.30.